The maximum atomic E-state index is 6.31. The van der Waals surface area contributed by atoms with Gasteiger partial charge in [0.25, 0.3) is 0 Å². The second-order valence-electron chi connectivity index (χ2n) is 7.35. The molecule has 2 N–H and O–H groups in total. The summed E-state index contributed by atoms with van der Waals surface area (Å²) < 4.78 is 28.3. The maximum absolute atomic E-state index is 6.31. The molecule has 0 unspecified atom stereocenters. The highest BCUT2D eigenvalue weighted by Crippen LogP contribution is 2.43. The number of benzene rings is 2. The van der Waals surface area contributed by atoms with Gasteiger partial charge >= 0.3 is 0 Å². The first kappa shape index (κ1) is 21.5. The topological polar surface area (TPSA) is 89.0 Å². The molecule has 4 aromatic rings. The van der Waals surface area contributed by atoms with E-state index >= 15 is 0 Å². The lowest BCUT2D eigenvalue weighted by atomic mass is 9.99. The summed E-state index contributed by atoms with van der Waals surface area (Å²) in [5, 5.41) is 0. The van der Waals surface area contributed by atoms with Crippen LogP contribution in [-0.2, 0) is 0 Å². The number of fused-ring (bicyclic) bond motifs is 1. The van der Waals surface area contributed by atoms with E-state index in [1.165, 1.54) is 0 Å². The molecule has 0 aliphatic carbocycles. The highest BCUT2D eigenvalue weighted by Gasteiger charge is 2.19. The van der Waals surface area contributed by atoms with Crippen LogP contribution in [0.5, 0.6) is 23.0 Å². The fourth-order valence-corrected chi connectivity index (χ4v) is 3.74. The average molecular weight is 434 g/mol. The Kier molecular flexibility index (Phi) is 5.92. The molecule has 7 nitrogen and oxygen atoms in total. The van der Waals surface area contributed by atoms with Gasteiger partial charge in [0, 0.05) is 35.0 Å². The molecule has 0 aliphatic heterocycles. The highest BCUT2D eigenvalue weighted by molar-refractivity contribution is 5.94. The van der Waals surface area contributed by atoms with Gasteiger partial charge in [-0.15, -0.1) is 0 Å². The van der Waals surface area contributed by atoms with Crippen molar-refractivity contribution in [3.05, 3.63) is 54.2 Å². The first-order valence-corrected chi connectivity index (χ1v) is 10.1. The van der Waals surface area contributed by atoms with Crippen LogP contribution in [0.3, 0.4) is 0 Å². The molecule has 2 heterocycles. The molecule has 0 fully saturated rings. The standard InChI is InChI=1S/C25H26N2O5/c1-14(26)15-6-7-20(28-2)18(10-15)17-8-9-27-19-13-21(32-24(17)19)16-11-22(29-3)25(31-5)23(12-16)30-4/h6-14H,26H2,1-5H3/t14-/m0/s1. The lowest BCUT2D eigenvalue weighted by Crippen LogP contribution is -2.05. The van der Waals surface area contributed by atoms with Crippen molar-refractivity contribution in [2.24, 2.45) is 5.73 Å². The molecule has 2 aromatic heterocycles. The van der Waals surface area contributed by atoms with Crippen LogP contribution < -0.4 is 24.7 Å². The van der Waals surface area contributed by atoms with E-state index in [0.29, 0.717) is 28.6 Å². The third kappa shape index (κ3) is 3.71. The lowest BCUT2D eigenvalue weighted by Gasteiger charge is -2.13. The molecule has 0 radical (unpaired) electrons. The van der Waals surface area contributed by atoms with Crippen LogP contribution >= 0.6 is 0 Å². The molecule has 0 spiro atoms. The van der Waals surface area contributed by atoms with Crippen molar-refractivity contribution in [3.8, 4) is 45.4 Å². The monoisotopic (exact) mass is 434 g/mol. The molecule has 166 valence electrons. The Morgan fingerprint density at radius 2 is 1.50 bits per heavy atom. The molecule has 2 aromatic carbocycles. The van der Waals surface area contributed by atoms with Crippen molar-refractivity contribution in [3.63, 3.8) is 0 Å². The van der Waals surface area contributed by atoms with E-state index in [1.807, 2.05) is 49.4 Å². The Bertz CT molecular complexity index is 1240. The summed E-state index contributed by atoms with van der Waals surface area (Å²) in [5.74, 6) is 2.96. The highest BCUT2D eigenvalue weighted by atomic mass is 16.5. The third-order valence-corrected chi connectivity index (χ3v) is 5.40. The summed E-state index contributed by atoms with van der Waals surface area (Å²) in [4.78, 5) is 4.50. The third-order valence-electron chi connectivity index (χ3n) is 5.40. The minimum absolute atomic E-state index is 0.108. The van der Waals surface area contributed by atoms with Crippen molar-refractivity contribution in [1.82, 2.24) is 4.98 Å². The molecule has 1 atom stereocenters. The van der Waals surface area contributed by atoms with Crippen LogP contribution in [0, 0.1) is 0 Å². The first-order chi connectivity index (χ1) is 15.5. The molecule has 0 saturated carbocycles. The van der Waals surface area contributed by atoms with Gasteiger partial charge in [0.1, 0.15) is 17.0 Å². The zero-order valence-electron chi connectivity index (χ0n) is 18.8. The van der Waals surface area contributed by atoms with Crippen LogP contribution in [0.4, 0.5) is 0 Å². The van der Waals surface area contributed by atoms with Gasteiger partial charge in [-0.05, 0) is 42.8 Å². The predicted octanol–water partition coefficient (Wildman–Crippen LogP) is 5.22. The Hall–Kier alpha value is -3.71. The fraction of sp³-hybridized carbons (Fsp3) is 0.240. The Morgan fingerprint density at radius 3 is 2.09 bits per heavy atom. The molecule has 0 aliphatic rings. The molecule has 0 bridgehead atoms. The van der Waals surface area contributed by atoms with Crippen LogP contribution in [0.2, 0.25) is 0 Å². The van der Waals surface area contributed by atoms with E-state index in [0.717, 1.165) is 33.5 Å². The van der Waals surface area contributed by atoms with Crippen LogP contribution in [0.25, 0.3) is 33.6 Å². The van der Waals surface area contributed by atoms with Gasteiger partial charge < -0.3 is 29.1 Å². The van der Waals surface area contributed by atoms with Crippen molar-refractivity contribution in [2.75, 3.05) is 28.4 Å². The fourth-order valence-electron chi connectivity index (χ4n) is 3.74. The van der Waals surface area contributed by atoms with E-state index < -0.39 is 0 Å². The van der Waals surface area contributed by atoms with Crippen molar-refractivity contribution in [1.29, 1.82) is 0 Å². The second kappa shape index (κ2) is 8.80. The molecule has 0 amide bonds. The summed E-state index contributed by atoms with van der Waals surface area (Å²) in [6.07, 6.45) is 1.75. The normalized spacial score (nSPS) is 11.9. The summed E-state index contributed by atoms with van der Waals surface area (Å²) in [6, 6.07) is 13.3. The van der Waals surface area contributed by atoms with E-state index in [2.05, 4.69) is 4.98 Å². The number of furan rings is 1. The molecule has 32 heavy (non-hydrogen) atoms. The summed E-state index contributed by atoms with van der Waals surface area (Å²) in [6.45, 7) is 1.95. The van der Waals surface area contributed by atoms with Gasteiger partial charge in [0.2, 0.25) is 5.75 Å². The number of nitrogens with zero attached hydrogens (tertiary/aromatic N) is 1. The Balaban J connectivity index is 1.90. The molecule has 4 rings (SSSR count). The van der Waals surface area contributed by atoms with Gasteiger partial charge in [-0.3, -0.25) is 4.98 Å². The summed E-state index contributed by atoms with van der Waals surface area (Å²) in [7, 11) is 6.38. The lowest BCUT2D eigenvalue weighted by molar-refractivity contribution is 0.324. The smallest absolute Gasteiger partial charge is 0.203 e. The number of hydrogen-bond donors (Lipinski definition) is 1. The van der Waals surface area contributed by atoms with E-state index in [-0.39, 0.29) is 6.04 Å². The number of ether oxygens (including phenoxy) is 4. The van der Waals surface area contributed by atoms with Gasteiger partial charge in [-0.2, -0.15) is 0 Å². The number of aromatic nitrogens is 1. The maximum Gasteiger partial charge on any atom is 0.203 e. The summed E-state index contributed by atoms with van der Waals surface area (Å²) >= 11 is 0. The van der Waals surface area contributed by atoms with Crippen molar-refractivity contribution in [2.45, 2.75) is 13.0 Å². The van der Waals surface area contributed by atoms with Crippen LogP contribution in [0.15, 0.2) is 53.1 Å². The minimum Gasteiger partial charge on any atom is -0.496 e. The second-order valence-corrected chi connectivity index (χ2v) is 7.35. The van der Waals surface area contributed by atoms with Crippen molar-refractivity contribution >= 4 is 11.1 Å². The van der Waals surface area contributed by atoms with Gasteiger partial charge in [0.15, 0.2) is 17.1 Å². The van der Waals surface area contributed by atoms with Gasteiger partial charge in [-0.1, -0.05) is 6.07 Å². The van der Waals surface area contributed by atoms with Crippen LogP contribution in [0.1, 0.15) is 18.5 Å². The van der Waals surface area contributed by atoms with E-state index in [9.17, 15) is 0 Å². The zero-order valence-corrected chi connectivity index (χ0v) is 18.8. The molecule has 7 heteroatoms. The van der Waals surface area contributed by atoms with Gasteiger partial charge in [-0.25, -0.2) is 0 Å². The molecular weight excluding hydrogens is 408 g/mol. The largest absolute Gasteiger partial charge is 0.496 e. The molecular formula is C25H26N2O5. The quantitative estimate of drug-likeness (QED) is 0.427. The number of methoxy groups -OCH3 is 4. The average Bonchev–Trinajstić information content (AvgIpc) is 3.27. The summed E-state index contributed by atoms with van der Waals surface area (Å²) in [5.41, 5.74) is 11.0. The van der Waals surface area contributed by atoms with Gasteiger partial charge in [0.05, 0.1) is 28.4 Å². The predicted molar refractivity (Wildman–Crippen MR) is 124 cm³/mol. The Morgan fingerprint density at radius 1 is 0.812 bits per heavy atom. The number of rotatable bonds is 7. The SMILES string of the molecule is COc1ccc([C@H](C)N)cc1-c1ccnc2cc(-c3cc(OC)c(OC)c(OC)c3)oc12. The minimum atomic E-state index is -0.108. The van der Waals surface area contributed by atoms with E-state index in [4.69, 9.17) is 29.1 Å². The van der Waals surface area contributed by atoms with Crippen LogP contribution in [-0.4, -0.2) is 33.4 Å². The number of nitrogens with two attached hydrogens (primary N) is 1. The molecule has 0 saturated heterocycles. The van der Waals surface area contributed by atoms with Crippen molar-refractivity contribution < 1.29 is 23.4 Å². The Labute approximate surface area is 186 Å². The first-order valence-electron chi connectivity index (χ1n) is 10.1. The number of hydrogen-bond acceptors (Lipinski definition) is 7. The number of pyridine rings is 1. The zero-order chi connectivity index (χ0) is 22.8. The van der Waals surface area contributed by atoms with E-state index in [1.54, 1.807) is 34.6 Å².